The highest BCUT2D eigenvalue weighted by Crippen LogP contribution is 2.27. The lowest BCUT2D eigenvalue weighted by Gasteiger charge is -2.19. The van der Waals surface area contributed by atoms with E-state index >= 15 is 0 Å². The molecule has 1 unspecified atom stereocenters. The summed E-state index contributed by atoms with van der Waals surface area (Å²) in [6.07, 6.45) is 0. The largest absolute Gasteiger partial charge is 0.309 e. The van der Waals surface area contributed by atoms with Crippen LogP contribution in [0.4, 0.5) is 4.39 Å². The Balaban J connectivity index is 2.31. The first kappa shape index (κ1) is 15.1. The van der Waals surface area contributed by atoms with Gasteiger partial charge in [-0.3, -0.25) is 0 Å². The second-order valence-electron chi connectivity index (χ2n) is 4.72. The monoisotopic (exact) mass is 289 g/mol. The van der Waals surface area contributed by atoms with Crippen LogP contribution in [0.5, 0.6) is 0 Å². The summed E-state index contributed by atoms with van der Waals surface area (Å²) in [5.41, 5.74) is 3.28. The van der Waals surface area contributed by atoms with Crippen LogP contribution in [-0.2, 0) is 0 Å². The first-order chi connectivity index (χ1) is 9.65. The van der Waals surface area contributed by atoms with Gasteiger partial charge in [-0.2, -0.15) is 0 Å². The average Bonchev–Trinajstić information content (AvgIpc) is 2.44. The molecule has 0 saturated carbocycles. The summed E-state index contributed by atoms with van der Waals surface area (Å²) in [6, 6.07) is 13.6. The van der Waals surface area contributed by atoms with Crippen molar-refractivity contribution in [3.8, 4) is 0 Å². The van der Waals surface area contributed by atoms with E-state index in [2.05, 4.69) is 36.5 Å². The van der Waals surface area contributed by atoms with Crippen molar-refractivity contribution in [2.24, 2.45) is 0 Å². The van der Waals surface area contributed by atoms with Crippen LogP contribution >= 0.6 is 11.8 Å². The van der Waals surface area contributed by atoms with Gasteiger partial charge in [0.05, 0.1) is 6.04 Å². The number of hydrogen-bond donors (Lipinski definition) is 1. The highest BCUT2D eigenvalue weighted by Gasteiger charge is 2.14. The molecule has 20 heavy (non-hydrogen) atoms. The molecule has 0 heterocycles. The van der Waals surface area contributed by atoms with Gasteiger partial charge in [-0.25, -0.2) is 4.39 Å². The predicted octanol–water partition coefficient (Wildman–Crippen LogP) is 4.55. The second-order valence-corrected chi connectivity index (χ2v) is 6.06. The first-order valence-electron chi connectivity index (χ1n) is 6.81. The Morgan fingerprint density at radius 3 is 2.40 bits per heavy atom. The summed E-state index contributed by atoms with van der Waals surface area (Å²) < 4.78 is 13.2. The number of rotatable bonds is 5. The molecular formula is C17H20FNS. The molecular weight excluding hydrogens is 269 g/mol. The van der Waals surface area contributed by atoms with Crippen LogP contribution in [0.25, 0.3) is 0 Å². The van der Waals surface area contributed by atoms with Gasteiger partial charge >= 0.3 is 0 Å². The second kappa shape index (κ2) is 6.91. The maximum absolute atomic E-state index is 13.2. The third kappa shape index (κ3) is 3.41. The van der Waals surface area contributed by atoms with E-state index in [0.29, 0.717) is 0 Å². The molecule has 0 bridgehead atoms. The third-order valence-electron chi connectivity index (χ3n) is 3.36. The van der Waals surface area contributed by atoms with Crippen molar-refractivity contribution in [1.29, 1.82) is 0 Å². The van der Waals surface area contributed by atoms with Gasteiger partial charge in [0.25, 0.3) is 0 Å². The van der Waals surface area contributed by atoms with Crippen molar-refractivity contribution < 1.29 is 4.39 Å². The van der Waals surface area contributed by atoms with Crippen molar-refractivity contribution in [2.45, 2.75) is 24.8 Å². The fourth-order valence-electron chi connectivity index (χ4n) is 2.39. The average molecular weight is 289 g/mol. The summed E-state index contributed by atoms with van der Waals surface area (Å²) in [5, 5.41) is 3.32. The molecule has 2 aromatic carbocycles. The Morgan fingerprint density at radius 1 is 1.15 bits per heavy atom. The molecule has 0 fully saturated rings. The van der Waals surface area contributed by atoms with Crippen molar-refractivity contribution in [3.05, 3.63) is 65.0 Å². The van der Waals surface area contributed by atoms with E-state index in [9.17, 15) is 4.39 Å². The molecule has 106 valence electrons. The summed E-state index contributed by atoms with van der Waals surface area (Å²) >= 11 is 1.83. The molecule has 1 nitrogen and oxygen atoms in total. The Kier molecular flexibility index (Phi) is 5.21. The maximum Gasteiger partial charge on any atom is 0.123 e. The van der Waals surface area contributed by atoms with Crippen molar-refractivity contribution >= 4 is 11.8 Å². The smallest absolute Gasteiger partial charge is 0.123 e. The third-order valence-corrected chi connectivity index (χ3v) is 4.25. The number of benzene rings is 2. The van der Waals surface area contributed by atoms with Crippen LogP contribution in [0.2, 0.25) is 0 Å². The number of nitrogens with one attached hydrogen (secondary N) is 1. The van der Waals surface area contributed by atoms with Crippen LogP contribution in [-0.4, -0.2) is 12.8 Å². The van der Waals surface area contributed by atoms with Gasteiger partial charge in [-0.1, -0.05) is 25.1 Å². The Bertz CT molecular complexity index is 566. The molecule has 0 aliphatic carbocycles. The van der Waals surface area contributed by atoms with E-state index in [0.717, 1.165) is 16.9 Å². The van der Waals surface area contributed by atoms with Gasteiger partial charge in [-0.05, 0) is 60.7 Å². The lowest BCUT2D eigenvalue weighted by Crippen LogP contribution is -2.18. The zero-order valence-corrected chi connectivity index (χ0v) is 12.9. The van der Waals surface area contributed by atoms with Gasteiger partial charge in [0.2, 0.25) is 0 Å². The summed E-state index contributed by atoms with van der Waals surface area (Å²) in [7, 11) is 1.93. The predicted molar refractivity (Wildman–Crippen MR) is 84.9 cm³/mol. The van der Waals surface area contributed by atoms with E-state index < -0.39 is 0 Å². The van der Waals surface area contributed by atoms with Gasteiger partial charge in [0.1, 0.15) is 5.82 Å². The Labute approximate surface area is 124 Å². The topological polar surface area (TPSA) is 12.0 Å². The summed E-state index contributed by atoms with van der Waals surface area (Å²) in [5.74, 6) is 0.891. The number of thioether (sulfide) groups is 1. The van der Waals surface area contributed by atoms with E-state index in [1.807, 2.05) is 31.8 Å². The zero-order chi connectivity index (χ0) is 14.5. The Hall–Kier alpha value is -1.32. The number of hydrogen-bond acceptors (Lipinski definition) is 2. The first-order valence-corrected chi connectivity index (χ1v) is 7.80. The highest BCUT2D eigenvalue weighted by atomic mass is 32.2. The van der Waals surface area contributed by atoms with E-state index in [1.54, 1.807) is 6.07 Å². The molecule has 1 atom stereocenters. The number of aryl methyl sites for hydroxylation is 1. The number of halogens is 1. The molecule has 0 amide bonds. The molecule has 0 saturated heterocycles. The van der Waals surface area contributed by atoms with Crippen LogP contribution < -0.4 is 5.32 Å². The van der Waals surface area contributed by atoms with E-state index in [4.69, 9.17) is 0 Å². The highest BCUT2D eigenvalue weighted by molar-refractivity contribution is 7.99. The Morgan fingerprint density at radius 2 is 1.85 bits per heavy atom. The van der Waals surface area contributed by atoms with Crippen LogP contribution in [0.15, 0.2) is 47.4 Å². The quantitative estimate of drug-likeness (QED) is 0.810. The molecule has 0 aliphatic heterocycles. The molecule has 0 radical (unpaired) electrons. The normalized spacial score (nSPS) is 12.4. The molecule has 2 rings (SSSR count). The summed E-state index contributed by atoms with van der Waals surface area (Å²) in [6.45, 7) is 4.10. The molecule has 2 aromatic rings. The standard InChI is InChI=1S/C17H20FNS/c1-4-20-15-8-5-13(6-9-15)17(19-3)16-10-7-14(18)11-12(16)2/h5-11,17,19H,4H2,1-3H3. The lowest BCUT2D eigenvalue weighted by molar-refractivity contribution is 0.621. The van der Waals surface area contributed by atoms with Gasteiger partial charge in [0.15, 0.2) is 0 Å². The van der Waals surface area contributed by atoms with E-state index in [1.165, 1.54) is 16.5 Å². The van der Waals surface area contributed by atoms with Crippen LogP contribution in [0.1, 0.15) is 29.7 Å². The van der Waals surface area contributed by atoms with Gasteiger partial charge in [0, 0.05) is 4.90 Å². The fraction of sp³-hybridized carbons (Fsp3) is 0.294. The molecule has 0 aliphatic rings. The van der Waals surface area contributed by atoms with Crippen LogP contribution in [0.3, 0.4) is 0 Å². The van der Waals surface area contributed by atoms with Crippen molar-refractivity contribution in [1.82, 2.24) is 5.32 Å². The molecule has 0 spiro atoms. The fourth-order valence-corrected chi connectivity index (χ4v) is 3.05. The summed E-state index contributed by atoms with van der Waals surface area (Å²) in [4.78, 5) is 1.28. The minimum Gasteiger partial charge on any atom is -0.309 e. The van der Waals surface area contributed by atoms with Crippen LogP contribution in [0, 0.1) is 12.7 Å². The maximum atomic E-state index is 13.2. The molecule has 3 heteroatoms. The van der Waals surface area contributed by atoms with Crippen molar-refractivity contribution in [3.63, 3.8) is 0 Å². The minimum absolute atomic E-state index is 0.0938. The minimum atomic E-state index is -0.184. The molecule has 0 aromatic heterocycles. The van der Waals surface area contributed by atoms with Gasteiger partial charge in [-0.15, -0.1) is 11.8 Å². The van der Waals surface area contributed by atoms with E-state index in [-0.39, 0.29) is 11.9 Å². The van der Waals surface area contributed by atoms with Crippen molar-refractivity contribution in [2.75, 3.05) is 12.8 Å². The SMILES string of the molecule is CCSc1ccc(C(NC)c2ccc(F)cc2C)cc1. The molecule has 1 N–H and O–H groups in total. The van der Waals surface area contributed by atoms with Gasteiger partial charge < -0.3 is 5.32 Å². The lowest BCUT2D eigenvalue weighted by atomic mass is 9.95. The zero-order valence-electron chi connectivity index (χ0n) is 12.1.